The number of benzene rings is 1. The van der Waals surface area contributed by atoms with E-state index < -0.39 is 23.5 Å². The molecule has 1 saturated carbocycles. The van der Waals surface area contributed by atoms with Gasteiger partial charge in [0.05, 0.1) is 17.9 Å². The van der Waals surface area contributed by atoms with Crippen LogP contribution in [0.4, 0.5) is 4.39 Å². The van der Waals surface area contributed by atoms with Crippen LogP contribution in [0.25, 0.3) is 16.9 Å². The topological polar surface area (TPSA) is 115 Å². The molecule has 1 aliphatic carbocycles. The number of amides is 1. The lowest BCUT2D eigenvalue weighted by Gasteiger charge is -2.28. The average molecular weight is 595 g/mol. The number of hydrogen-bond donors (Lipinski definition) is 2. The van der Waals surface area contributed by atoms with Crippen molar-refractivity contribution in [1.82, 2.24) is 19.9 Å². The molecule has 0 unspecified atom stereocenters. The van der Waals surface area contributed by atoms with Crippen LogP contribution in [-0.4, -0.2) is 50.3 Å². The molecular formula is C33H43FN4O5. The SMILES string of the molecule is Cc1nc2cc(C(=O)NCCCC3CCCCC3)nn2c(-c2cc(F)c3c(c2C)CCCO3)c1[C@H](OC(C)(C)C)C(=O)O. The number of rotatable bonds is 9. The van der Waals surface area contributed by atoms with Crippen molar-refractivity contribution >= 4 is 17.5 Å². The summed E-state index contributed by atoms with van der Waals surface area (Å²) in [5, 5.41) is 17.9. The first-order valence-corrected chi connectivity index (χ1v) is 15.5. The Morgan fingerprint density at radius 1 is 1.19 bits per heavy atom. The number of ether oxygens (including phenoxy) is 2. The quantitative estimate of drug-likeness (QED) is 0.272. The minimum absolute atomic E-state index is 0.158. The minimum Gasteiger partial charge on any atom is -0.490 e. The van der Waals surface area contributed by atoms with Crippen molar-refractivity contribution in [2.45, 2.75) is 104 Å². The molecule has 1 amide bonds. The van der Waals surface area contributed by atoms with Gasteiger partial charge in [-0.25, -0.2) is 18.7 Å². The lowest BCUT2D eigenvalue weighted by molar-refractivity contribution is -0.160. The number of halogens is 1. The molecule has 1 fully saturated rings. The lowest BCUT2D eigenvalue weighted by Crippen LogP contribution is -2.29. The highest BCUT2D eigenvalue weighted by atomic mass is 19.1. The number of nitrogens with one attached hydrogen (secondary N) is 1. The van der Waals surface area contributed by atoms with Crippen molar-refractivity contribution in [1.29, 1.82) is 0 Å². The van der Waals surface area contributed by atoms with E-state index in [2.05, 4.69) is 15.4 Å². The van der Waals surface area contributed by atoms with Crippen molar-refractivity contribution in [3.8, 4) is 17.0 Å². The van der Waals surface area contributed by atoms with Crippen LogP contribution in [0, 0.1) is 25.6 Å². The maximum absolute atomic E-state index is 15.5. The maximum Gasteiger partial charge on any atom is 0.337 e. The summed E-state index contributed by atoms with van der Waals surface area (Å²) in [4.78, 5) is 30.5. The second kappa shape index (κ2) is 12.6. The van der Waals surface area contributed by atoms with E-state index in [1.54, 1.807) is 33.8 Å². The molecule has 232 valence electrons. The largest absolute Gasteiger partial charge is 0.490 e. The molecule has 43 heavy (non-hydrogen) atoms. The zero-order chi connectivity index (χ0) is 30.9. The number of aliphatic carboxylic acids is 1. The molecule has 0 radical (unpaired) electrons. The molecule has 3 heterocycles. The van der Waals surface area contributed by atoms with Gasteiger partial charge < -0.3 is 19.9 Å². The first-order chi connectivity index (χ1) is 20.4. The zero-order valence-corrected chi connectivity index (χ0v) is 25.9. The van der Waals surface area contributed by atoms with Crippen LogP contribution >= 0.6 is 0 Å². The van der Waals surface area contributed by atoms with Crippen LogP contribution in [0.5, 0.6) is 5.75 Å². The fraction of sp³-hybridized carbons (Fsp3) is 0.576. The summed E-state index contributed by atoms with van der Waals surface area (Å²) in [6.07, 6.45) is 8.38. The molecule has 3 aromatic rings. The summed E-state index contributed by atoms with van der Waals surface area (Å²) >= 11 is 0. The second-order valence-corrected chi connectivity index (χ2v) is 12.9. The van der Waals surface area contributed by atoms with Gasteiger partial charge in [-0.05, 0) is 77.8 Å². The van der Waals surface area contributed by atoms with Crippen molar-refractivity contribution in [2.24, 2.45) is 5.92 Å². The van der Waals surface area contributed by atoms with Gasteiger partial charge in [-0.15, -0.1) is 0 Å². The molecule has 1 aromatic carbocycles. The summed E-state index contributed by atoms with van der Waals surface area (Å²) < 4.78 is 28.7. The number of fused-ring (bicyclic) bond motifs is 2. The molecule has 2 aromatic heterocycles. The summed E-state index contributed by atoms with van der Waals surface area (Å²) in [6, 6.07) is 2.95. The van der Waals surface area contributed by atoms with Gasteiger partial charge in [-0.3, -0.25) is 4.79 Å². The number of aromatic nitrogens is 3. The molecule has 0 spiro atoms. The Labute approximate surface area is 252 Å². The summed E-state index contributed by atoms with van der Waals surface area (Å²) in [7, 11) is 0. The Morgan fingerprint density at radius 3 is 2.63 bits per heavy atom. The average Bonchev–Trinajstić information content (AvgIpc) is 3.39. The third kappa shape index (κ3) is 6.69. The Bertz CT molecular complexity index is 1520. The van der Waals surface area contributed by atoms with Crippen LogP contribution < -0.4 is 10.1 Å². The number of nitrogens with zero attached hydrogens (tertiary/aromatic N) is 3. The second-order valence-electron chi connectivity index (χ2n) is 12.9. The van der Waals surface area contributed by atoms with E-state index in [9.17, 15) is 14.7 Å². The van der Waals surface area contributed by atoms with Crippen molar-refractivity contribution in [3.63, 3.8) is 0 Å². The molecule has 5 rings (SSSR count). The fourth-order valence-corrected chi connectivity index (χ4v) is 6.47. The van der Waals surface area contributed by atoms with Crippen LogP contribution in [0.2, 0.25) is 0 Å². The van der Waals surface area contributed by atoms with Gasteiger partial charge in [0, 0.05) is 35.0 Å². The van der Waals surface area contributed by atoms with Gasteiger partial charge in [0.15, 0.2) is 29.0 Å². The minimum atomic E-state index is -1.41. The summed E-state index contributed by atoms with van der Waals surface area (Å²) in [5.74, 6) is -1.11. The predicted octanol–water partition coefficient (Wildman–Crippen LogP) is 6.51. The zero-order valence-electron chi connectivity index (χ0n) is 25.9. The van der Waals surface area contributed by atoms with Crippen LogP contribution in [0.3, 0.4) is 0 Å². The highest BCUT2D eigenvalue weighted by Crippen LogP contribution is 2.41. The van der Waals surface area contributed by atoms with Crippen molar-refractivity contribution in [3.05, 3.63) is 46.0 Å². The Morgan fingerprint density at radius 2 is 1.93 bits per heavy atom. The highest BCUT2D eigenvalue weighted by molar-refractivity contribution is 5.93. The van der Waals surface area contributed by atoms with Crippen LogP contribution in [-0.2, 0) is 16.0 Å². The van der Waals surface area contributed by atoms with Crippen LogP contribution in [0.15, 0.2) is 12.1 Å². The molecule has 10 heteroatoms. The Kier molecular flexibility index (Phi) is 9.06. The maximum atomic E-state index is 15.5. The van der Waals surface area contributed by atoms with Crippen LogP contribution in [0.1, 0.15) is 111 Å². The van der Waals surface area contributed by atoms with Gasteiger partial charge in [0.1, 0.15) is 0 Å². The molecule has 2 aliphatic rings. The highest BCUT2D eigenvalue weighted by Gasteiger charge is 2.35. The normalized spacial score (nSPS) is 16.5. The van der Waals surface area contributed by atoms with Crippen molar-refractivity contribution < 1.29 is 28.6 Å². The summed E-state index contributed by atoms with van der Waals surface area (Å²) in [5.41, 5.74) is 2.65. The third-order valence-electron chi connectivity index (χ3n) is 8.51. The van der Waals surface area contributed by atoms with Gasteiger partial charge >= 0.3 is 5.97 Å². The predicted molar refractivity (Wildman–Crippen MR) is 161 cm³/mol. The lowest BCUT2D eigenvalue weighted by atomic mass is 9.86. The van der Waals surface area contributed by atoms with E-state index in [1.165, 1.54) is 42.7 Å². The van der Waals surface area contributed by atoms with E-state index in [-0.39, 0.29) is 22.9 Å². The first-order valence-electron chi connectivity index (χ1n) is 15.5. The van der Waals surface area contributed by atoms with E-state index in [1.807, 2.05) is 6.92 Å². The van der Waals surface area contributed by atoms with E-state index in [0.717, 1.165) is 36.3 Å². The van der Waals surface area contributed by atoms with Gasteiger partial charge in [0.25, 0.3) is 5.91 Å². The summed E-state index contributed by atoms with van der Waals surface area (Å²) in [6.45, 7) is 9.87. The Hall–Kier alpha value is -3.53. The first kappa shape index (κ1) is 30.9. The van der Waals surface area contributed by atoms with Crippen molar-refractivity contribution in [2.75, 3.05) is 13.2 Å². The van der Waals surface area contributed by atoms with Gasteiger partial charge in [-0.1, -0.05) is 32.1 Å². The molecule has 1 atom stereocenters. The van der Waals surface area contributed by atoms with E-state index >= 15 is 4.39 Å². The van der Waals surface area contributed by atoms with E-state index in [0.29, 0.717) is 42.2 Å². The Balaban J connectivity index is 1.58. The number of carbonyl (C=O) groups is 2. The number of carboxylic acids is 1. The number of hydrogen-bond acceptors (Lipinski definition) is 6. The molecule has 1 aliphatic heterocycles. The smallest absolute Gasteiger partial charge is 0.337 e. The standard InChI is InChI=1S/C33H43FN4O5/c1-19-22-14-10-16-42-29(22)24(34)17-23(19)28-27(30(32(40)41)43-33(3,4)5)20(2)36-26-18-25(37-38(26)28)31(39)35-15-9-13-21-11-7-6-8-12-21/h17-18,21,30H,6-16H2,1-5H3,(H,35,39)(H,40,41)/t30-/m0/s1. The monoisotopic (exact) mass is 594 g/mol. The third-order valence-corrected chi connectivity index (χ3v) is 8.51. The molecule has 2 N–H and O–H groups in total. The molecule has 0 saturated heterocycles. The molecule has 0 bridgehead atoms. The number of aryl methyl sites for hydroxylation is 1. The fourth-order valence-electron chi connectivity index (χ4n) is 6.47. The molecule has 9 nitrogen and oxygen atoms in total. The van der Waals surface area contributed by atoms with E-state index in [4.69, 9.17) is 9.47 Å². The van der Waals surface area contributed by atoms with Gasteiger partial charge in [-0.2, -0.15) is 5.10 Å². The number of carbonyl (C=O) groups excluding carboxylic acids is 1. The van der Waals surface area contributed by atoms with Gasteiger partial charge in [0.2, 0.25) is 0 Å². The molecular weight excluding hydrogens is 551 g/mol. The number of carboxylic acid groups (broad SMARTS) is 1.